The first-order chi connectivity index (χ1) is 23.7. The van der Waals surface area contributed by atoms with Crippen molar-refractivity contribution in [2.45, 2.75) is 76.0 Å². The van der Waals surface area contributed by atoms with Crippen LogP contribution in [0, 0.1) is 0 Å². The number of fused-ring (bicyclic) bond motifs is 2. The molecule has 0 aliphatic carbocycles. The second-order valence-corrected chi connectivity index (χ2v) is 15.2. The molecule has 1 N–H and O–H groups in total. The summed E-state index contributed by atoms with van der Waals surface area (Å²) in [5.74, 6) is -0.788. The zero-order chi connectivity index (χ0) is 36.3. The zero-order valence-electron chi connectivity index (χ0n) is 29.4. The minimum absolute atomic E-state index is 0.0891. The van der Waals surface area contributed by atoms with Gasteiger partial charge in [-0.3, -0.25) is 19.3 Å². The van der Waals surface area contributed by atoms with Gasteiger partial charge in [0.05, 0.1) is 10.3 Å². The molecular weight excluding hydrogens is 653 g/mol. The number of anilines is 1. The molecule has 0 unspecified atom stereocenters. The van der Waals surface area contributed by atoms with E-state index in [1.165, 1.54) is 41.2 Å². The van der Waals surface area contributed by atoms with Gasteiger partial charge in [-0.05, 0) is 63.5 Å². The van der Waals surface area contributed by atoms with Gasteiger partial charge < -0.3 is 14.8 Å². The number of para-hydroxylation sites is 1. The Bertz CT molecular complexity index is 1930. The Morgan fingerprint density at radius 1 is 0.900 bits per heavy atom. The van der Waals surface area contributed by atoms with Crippen molar-refractivity contribution >= 4 is 44.9 Å². The maximum absolute atomic E-state index is 12.3. The second-order valence-electron chi connectivity index (χ2n) is 13.8. The average Bonchev–Trinajstić information content (AvgIpc) is 3.59. The highest BCUT2D eigenvalue weighted by Crippen LogP contribution is 2.48. The molecule has 11 heteroatoms. The molecule has 2 aromatic carbocycles. The minimum Gasteiger partial charge on any atom is -0.744 e. The number of carbonyl (C=O) groups excluding carboxylic acids is 3. The lowest BCUT2D eigenvalue weighted by Crippen LogP contribution is -2.38. The molecule has 3 aliphatic heterocycles. The summed E-state index contributed by atoms with van der Waals surface area (Å²) in [7, 11) is -4.56. The van der Waals surface area contributed by atoms with Gasteiger partial charge in [-0.15, -0.1) is 0 Å². The topological polar surface area (TPSA) is 130 Å². The van der Waals surface area contributed by atoms with Crippen LogP contribution in [-0.2, 0) is 35.3 Å². The van der Waals surface area contributed by atoms with Gasteiger partial charge in [0.15, 0.2) is 5.71 Å². The van der Waals surface area contributed by atoms with Crippen molar-refractivity contribution in [2.75, 3.05) is 31.1 Å². The summed E-state index contributed by atoms with van der Waals surface area (Å²) in [6.45, 7) is 12.5. The molecule has 0 spiro atoms. The van der Waals surface area contributed by atoms with Gasteiger partial charge >= 0.3 is 0 Å². The van der Waals surface area contributed by atoms with Crippen molar-refractivity contribution in [2.24, 2.45) is 0 Å². The molecule has 0 saturated heterocycles. The molecule has 2 aromatic rings. The summed E-state index contributed by atoms with van der Waals surface area (Å²) in [6.07, 6.45) is 15.6. The van der Waals surface area contributed by atoms with Gasteiger partial charge in [-0.2, -0.15) is 4.58 Å². The molecule has 5 rings (SSSR count). The van der Waals surface area contributed by atoms with E-state index in [1.807, 2.05) is 39.0 Å². The highest BCUT2D eigenvalue weighted by molar-refractivity contribution is 7.85. The number of carbonyl (C=O) groups is 3. The molecule has 0 aromatic heterocycles. The largest absolute Gasteiger partial charge is 0.744 e. The first-order valence-electron chi connectivity index (χ1n) is 17.2. The molecule has 0 saturated carbocycles. The first-order valence-corrected chi connectivity index (χ1v) is 18.6. The van der Waals surface area contributed by atoms with Crippen LogP contribution in [0.3, 0.4) is 0 Å². The predicted octanol–water partition coefficient (Wildman–Crippen LogP) is 5.38. The van der Waals surface area contributed by atoms with E-state index in [4.69, 9.17) is 0 Å². The second kappa shape index (κ2) is 14.7. The minimum atomic E-state index is -4.56. The van der Waals surface area contributed by atoms with E-state index in [0.717, 1.165) is 47.7 Å². The third kappa shape index (κ3) is 7.44. The van der Waals surface area contributed by atoms with E-state index in [2.05, 4.69) is 65.1 Å². The number of amides is 3. The van der Waals surface area contributed by atoms with Crippen molar-refractivity contribution in [3.8, 4) is 0 Å². The standard InChI is InChI=1S/C39H46N4O6S/c1-6-41-32-21-20-28(50(47,48)49)27-30(32)39(4,5)33(41)17-9-7-10-18-34-38(2,3)29-15-12-13-16-31(29)42(34)25-14-8-11-19-35(44)40-24-26-43-36(45)22-23-37(43)46/h7,9-10,12-13,15-18,20-23,27H,6,8,11,14,19,24-26H2,1-5H3,(H-,40,44,47,48,49). The number of hydrogen-bond donors (Lipinski definition) is 1. The number of imide groups is 1. The van der Waals surface area contributed by atoms with Crippen LogP contribution in [-0.4, -0.2) is 72.1 Å². The van der Waals surface area contributed by atoms with Gasteiger partial charge in [0, 0.05) is 79.1 Å². The molecule has 0 radical (unpaired) electrons. The zero-order valence-corrected chi connectivity index (χ0v) is 30.3. The fourth-order valence-electron chi connectivity index (χ4n) is 7.17. The third-order valence-corrected chi connectivity index (χ3v) is 10.7. The van der Waals surface area contributed by atoms with Gasteiger partial charge in [0.1, 0.15) is 16.7 Å². The molecule has 0 bridgehead atoms. The highest BCUT2D eigenvalue weighted by Gasteiger charge is 2.44. The highest BCUT2D eigenvalue weighted by atomic mass is 32.2. The summed E-state index contributed by atoms with van der Waals surface area (Å²) in [5, 5.41) is 2.80. The van der Waals surface area contributed by atoms with Crippen molar-refractivity contribution in [3.05, 3.63) is 102 Å². The smallest absolute Gasteiger partial charge is 0.253 e. The summed E-state index contributed by atoms with van der Waals surface area (Å²) < 4.78 is 37.5. The van der Waals surface area contributed by atoms with Gasteiger partial charge in [-0.1, -0.05) is 50.3 Å². The van der Waals surface area contributed by atoms with Crippen LogP contribution in [0.5, 0.6) is 0 Å². The number of benzene rings is 2. The lowest BCUT2D eigenvalue weighted by molar-refractivity contribution is -0.438. The molecule has 0 atom stereocenters. The third-order valence-electron chi connectivity index (χ3n) is 9.84. The van der Waals surface area contributed by atoms with Crippen molar-refractivity contribution < 1.29 is 31.9 Å². The number of likely N-dealkylation sites (N-methyl/N-ethyl adjacent to an activating group) is 1. The van der Waals surface area contributed by atoms with Crippen LogP contribution >= 0.6 is 0 Å². The van der Waals surface area contributed by atoms with Gasteiger partial charge in [0.2, 0.25) is 11.6 Å². The summed E-state index contributed by atoms with van der Waals surface area (Å²) in [5.41, 5.74) is 5.67. The fraction of sp³-hybridized carbons (Fsp3) is 0.385. The Morgan fingerprint density at radius 2 is 1.62 bits per heavy atom. The molecule has 3 heterocycles. The maximum Gasteiger partial charge on any atom is 0.253 e. The molecule has 3 amide bonds. The van der Waals surface area contributed by atoms with E-state index < -0.39 is 15.5 Å². The number of nitrogens with one attached hydrogen (secondary N) is 1. The van der Waals surface area contributed by atoms with Crippen LogP contribution in [0.2, 0.25) is 0 Å². The van der Waals surface area contributed by atoms with Crippen LogP contribution in [0.15, 0.2) is 95.6 Å². The SMILES string of the molecule is CCN1/C(=C/C=C/C=C/C2=[N+](CCCCCC(=O)NCCN3C(=O)C=CC3=O)c3ccccc3C2(C)C)C(C)(C)c2cc(S(=O)(=O)[O-])ccc21. The Hall–Kier alpha value is -4.61. The van der Waals surface area contributed by atoms with Crippen molar-refractivity contribution in [1.82, 2.24) is 10.2 Å². The van der Waals surface area contributed by atoms with Crippen LogP contribution in [0.25, 0.3) is 0 Å². The average molecular weight is 699 g/mol. The van der Waals surface area contributed by atoms with E-state index in [0.29, 0.717) is 13.0 Å². The van der Waals surface area contributed by atoms with Crippen LogP contribution in [0.1, 0.15) is 71.4 Å². The quantitative estimate of drug-likeness (QED) is 0.0922. The van der Waals surface area contributed by atoms with Gasteiger partial charge in [0.25, 0.3) is 11.8 Å². The van der Waals surface area contributed by atoms with Crippen LogP contribution < -0.4 is 10.2 Å². The molecular formula is C39H46N4O6S. The number of nitrogens with zero attached hydrogens (tertiary/aromatic N) is 3. The lowest BCUT2D eigenvalue weighted by Gasteiger charge is -2.25. The predicted molar refractivity (Wildman–Crippen MR) is 193 cm³/mol. The molecule has 50 heavy (non-hydrogen) atoms. The summed E-state index contributed by atoms with van der Waals surface area (Å²) in [4.78, 5) is 38.7. The number of unbranched alkanes of at least 4 members (excludes halogenated alkanes) is 2. The monoisotopic (exact) mass is 698 g/mol. The maximum atomic E-state index is 12.3. The van der Waals surface area contributed by atoms with Crippen molar-refractivity contribution in [3.63, 3.8) is 0 Å². The molecule has 264 valence electrons. The molecule has 0 fully saturated rings. The molecule has 10 nitrogen and oxygen atoms in total. The Morgan fingerprint density at radius 3 is 2.32 bits per heavy atom. The summed E-state index contributed by atoms with van der Waals surface area (Å²) >= 11 is 0. The lowest BCUT2D eigenvalue weighted by atomic mass is 9.81. The van der Waals surface area contributed by atoms with Crippen molar-refractivity contribution in [1.29, 1.82) is 0 Å². The Labute approximate surface area is 295 Å². The van der Waals surface area contributed by atoms with E-state index in [-0.39, 0.29) is 41.1 Å². The fourth-order valence-corrected chi connectivity index (χ4v) is 7.67. The number of hydrogen-bond acceptors (Lipinski definition) is 7. The van der Waals surface area contributed by atoms with E-state index in [1.54, 1.807) is 6.07 Å². The Balaban J connectivity index is 1.23. The summed E-state index contributed by atoms with van der Waals surface area (Å²) in [6, 6.07) is 13.1. The van der Waals surface area contributed by atoms with Crippen LogP contribution in [0.4, 0.5) is 11.4 Å². The van der Waals surface area contributed by atoms with E-state index >= 15 is 0 Å². The first kappa shape index (κ1) is 36.7. The number of allylic oxidation sites excluding steroid dienone is 6. The number of rotatable bonds is 14. The van der Waals surface area contributed by atoms with Gasteiger partial charge in [-0.25, -0.2) is 8.42 Å². The van der Waals surface area contributed by atoms with E-state index in [9.17, 15) is 27.4 Å². The normalized spacial score (nSPS) is 18.7. The Kier molecular flexibility index (Phi) is 10.8. The molecule has 3 aliphatic rings.